The van der Waals surface area contributed by atoms with E-state index in [2.05, 4.69) is 11.4 Å². The van der Waals surface area contributed by atoms with E-state index in [0.717, 1.165) is 28.9 Å². The van der Waals surface area contributed by atoms with Gasteiger partial charge in [0.05, 0.1) is 0 Å². The fourth-order valence-corrected chi connectivity index (χ4v) is 4.35. The topological polar surface area (TPSA) is 12.0 Å². The molecule has 1 aromatic carbocycles. The number of rotatable bonds is 4. The predicted molar refractivity (Wildman–Crippen MR) is 76.5 cm³/mol. The van der Waals surface area contributed by atoms with Crippen LogP contribution in [0.5, 0.6) is 0 Å². The lowest BCUT2D eigenvalue weighted by Crippen LogP contribution is -2.22. The van der Waals surface area contributed by atoms with Crippen molar-refractivity contribution in [2.75, 3.05) is 7.05 Å². The van der Waals surface area contributed by atoms with Crippen LogP contribution < -0.4 is 5.32 Å². The molecule has 0 radical (unpaired) electrons. The first-order chi connectivity index (χ1) is 9.15. The van der Waals surface area contributed by atoms with Gasteiger partial charge in [0, 0.05) is 6.04 Å². The van der Waals surface area contributed by atoms with Crippen molar-refractivity contribution < 1.29 is 4.39 Å². The summed E-state index contributed by atoms with van der Waals surface area (Å²) in [5.74, 6) is 2.67. The van der Waals surface area contributed by atoms with Gasteiger partial charge < -0.3 is 5.32 Å². The lowest BCUT2D eigenvalue weighted by molar-refractivity contribution is 0.284. The van der Waals surface area contributed by atoms with E-state index in [1.807, 2.05) is 14.0 Å². The van der Waals surface area contributed by atoms with Gasteiger partial charge in [-0.15, -0.1) is 0 Å². The molecule has 104 valence electrons. The number of hydrogen-bond donors (Lipinski definition) is 1. The minimum absolute atomic E-state index is 0.108. The second-order valence-corrected chi connectivity index (χ2v) is 6.57. The van der Waals surface area contributed by atoms with Crippen molar-refractivity contribution in [1.29, 1.82) is 0 Å². The van der Waals surface area contributed by atoms with Gasteiger partial charge in [-0.2, -0.15) is 0 Å². The van der Waals surface area contributed by atoms with Crippen LogP contribution in [0.1, 0.15) is 49.3 Å². The normalized spacial score (nSPS) is 30.8. The zero-order valence-corrected chi connectivity index (χ0v) is 12.0. The Balaban J connectivity index is 1.73. The van der Waals surface area contributed by atoms with E-state index < -0.39 is 0 Å². The molecule has 2 fully saturated rings. The lowest BCUT2D eigenvalue weighted by Gasteiger charge is -2.27. The van der Waals surface area contributed by atoms with Crippen molar-refractivity contribution in [2.45, 2.75) is 45.1 Å². The Morgan fingerprint density at radius 2 is 2.11 bits per heavy atom. The summed E-state index contributed by atoms with van der Waals surface area (Å²) in [6.07, 6.45) is 6.89. The predicted octanol–water partition coefficient (Wildman–Crippen LogP) is 4.22. The number of halogens is 1. The molecule has 19 heavy (non-hydrogen) atoms. The van der Waals surface area contributed by atoms with Crippen molar-refractivity contribution in [3.8, 4) is 0 Å². The van der Waals surface area contributed by atoms with Crippen LogP contribution >= 0.6 is 0 Å². The molecule has 4 atom stereocenters. The van der Waals surface area contributed by atoms with Crippen LogP contribution in [-0.4, -0.2) is 7.05 Å². The third-order valence-electron chi connectivity index (χ3n) is 5.24. The molecule has 0 aromatic heterocycles. The summed E-state index contributed by atoms with van der Waals surface area (Å²) in [5, 5.41) is 3.39. The fourth-order valence-electron chi connectivity index (χ4n) is 4.35. The lowest BCUT2D eigenvalue weighted by atomic mass is 9.82. The Morgan fingerprint density at radius 1 is 1.26 bits per heavy atom. The summed E-state index contributed by atoms with van der Waals surface area (Å²) in [7, 11) is 2.00. The van der Waals surface area contributed by atoms with Crippen LogP contribution in [0.15, 0.2) is 18.2 Å². The van der Waals surface area contributed by atoms with Crippen molar-refractivity contribution >= 4 is 0 Å². The summed E-state index contributed by atoms with van der Waals surface area (Å²) in [4.78, 5) is 0. The average Bonchev–Trinajstić information content (AvgIpc) is 2.96. The van der Waals surface area contributed by atoms with Crippen molar-refractivity contribution in [3.63, 3.8) is 0 Å². The maximum atomic E-state index is 13.6. The molecule has 2 heteroatoms. The Morgan fingerprint density at radius 3 is 2.68 bits per heavy atom. The zero-order valence-electron chi connectivity index (χ0n) is 12.0. The monoisotopic (exact) mass is 261 g/mol. The Kier molecular flexibility index (Phi) is 3.62. The van der Waals surface area contributed by atoms with E-state index in [1.165, 1.54) is 32.1 Å². The Labute approximate surface area is 115 Å². The highest BCUT2D eigenvalue weighted by Crippen LogP contribution is 2.50. The van der Waals surface area contributed by atoms with Crippen molar-refractivity contribution in [3.05, 3.63) is 35.1 Å². The quantitative estimate of drug-likeness (QED) is 0.855. The van der Waals surface area contributed by atoms with Crippen LogP contribution in [0, 0.1) is 30.5 Å². The van der Waals surface area contributed by atoms with Gasteiger partial charge in [-0.3, -0.25) is 0 Å². The average molecular weight is 261 g/mol. The van der Waals surface area contributed by atoms with Crippen molar-refractivity contribution in [2.24, 2.45) is 17.8 Å². The minimum atomic E-state index is -0.108. The number of nitrogens with one attached hydrogen (secondary N) is 1. The highest BCUT2D eigenvalue weighted by Gasteiger charge is 2.40. The number of fused-ring (bicyclic) bond motifs is 2. The molecule has 1 N–H and O–H groups in total. The van der Waals surface area contributed by atoms with Gasteiger partial charge in [-0.25, -0.2) is 4.39 Å². The smallest absolute Gasteiger partial charge is 0.123 e. The van der Waals surface area contributed by atoms with Gasteiger partial charge in [-0.1, -0.05) is 12.5 Å². The van der Waals surface area contributed by atoms with Crippen molar-refractivity contribution in [1.82, 2.24) is 5.32 Å². The first-order valence-electron chi connectivity index (χ1n) is 7.60. The summed E-state index contributed by atoms with van der Waals surface area (Å²) >= 11 is 0. The van der Waals surface area contributed by atoms with E-state index in [0.29, 0.717) is 6.04 Å². The zero-order chi connectivity index (χ0) is 13.4. The highest BCUT2D eigenvalue weighted by atomic mass is 19.1. The highest BCUT2D eigenvalue weighted by molar-refractivity contribution is 5.26. The van der Waals surface area contributed by atoms with Gasteiger partial charge in [0.25, 0.3) is 0 Å². The third kappa shape index (κ3) is 2.69. The van der Waals surface area contributed by atoms with Crippen LogP contribution in [0.25, 0.3) is 0 Å². The molecule has 0 heterocycles. The van der Waals surface area contributed by atoms with Gasteiger partial charge in [-0.05, 0) is 80.7 Å². The maximum absolute atomic E-state index is 13.6. The second-order valence-electron chi connectivity index (χ2n) is 6.57. The van der Waals surface area contributed by atoms with Crippen LogP contribution in [0.4, 0.5) is 4.39 Å². The molecule has 1 aromatic rings. The molecule has 0 aliphatic heterocycles. The molecule has 0 spiro atoms. The van der Waals surface area contributed by atoms with E-state index in [4.69, 9.17) is 0 Å². The van der Waals surface area contributed by atoms with Crippen LogP contribution in [0.2, 0.25) is 0 Å². The molecule has 2 aliphatic carbocycles. The minimum Gasteiger partial charge on any atom is -0.313 e. The summed E-state index contributed by atoms with van der Waals surface area (Å²) in [6.45, 7) is 1.97. The number of aryl methyl sites for hydroxylation is 1. The summed E-state index contributed by atoms with van der Waals surface area (Å²) in [5.41, 5.74) is 2.13. The number of hydrogen-bond acceptors (Lipinski definition) is 1. The SMILES string of the molecule is CNC(CC1CC2CCC1C2)c1cc(C)cc(F)c1. The number of benzene rings is 1. The van der Waals surface area contributed by atoms with Gasteiger partial charge >= 0.3 is 0 Å². The van der Waals surface area contributed by atoms with Gasteiger partial charge in [0.1, 0.15) is 5.82 Å². The largest absolute Gasteiger partial charge is 0.313 e. The fraction of sp³-hybridized carbons (Fsp3) is 0.647. The first-order valence-corrected chi connectivity index (χ1v) is 7.60. The molecule has 2 aliphatic rings. The molecular formula is C17H24FN. The van der Waals surface area contributed by atoms with E-state index >= 15 is 0 Å². The summed E-state index contributed by atoms with van der Waals surface area (Å²) in [6, 6.07) is 5.73. The molecule has 3 rings (SSSR count). The molecule has 4 unspecified atom stereocenters. The molecular weight excluding hydrogens is 237 g/mol. The van der Waals surface area contributed by atoms with Crippen LogP contribution in [-0.2, 0) is 0 Å². The Hall–Kier alpha value is -0.890. The van der Waals surface area contributed by atoms with Crippen LogP contribution in [0.3, 0.4) is 0 Å². The molecule has 2 saturated carbocycles. The van der Waals surface area contributed by atoms with E-state index in [1.54, 1.807) is 12.1 Å². The maximum Gasteiger partial charge on any atom is 0.123 e. The summed E-state index contributed by atoms with van der Waals surface area (Å²) < 4.78 is 13.6. The molecule has 2 bridgehead atoms. The second kappa shape index (κ2) is 5.24. The standard InChI is InChI=1S/C17H24FN/c1-11-5-15(9-16(18)6-11)17(19-2)10-14-8-12-3-4-13(14)7-12/h5-6,9,12-14,17,19H,3-4,7-8,10H2,1-2H3. The molecule has 1 nitrogen and oxygen atoms in total. The molecule has 0 amide bonds. The Bertz CT molecular complexity index is 436. The van der Waals surface area contributed by atoms with E-state index in [-0.39, 0.29) is 5.82 Å². The van der Waals surface area contributed by atoms with Gasteiger partial charge in [0.2, 0.25) is 0 Å². The first kappa shape index (κ1) is 13.1. The molecule has 0 saturated heterocycles. The van der Waals surface area contributed by atoms with E-state index in [9.17, 15) is 4.39 Å². The third-order valence-corrected chi connectivity index (χ3v) is 5.24. The van der Waals surface area contributed by atoms with Gasteiger partial charge in [0.15, 0.2) is 0 Å².